The lowest BCUT2D eigenvalue weighted by atomic mass is 10.1. The Morgan fingerprint density at radius 3 is 2.76 bits per heavy atom. The molecule has 2 heterocycles. The van der Waals surface area contributed by atoms with E-state index in [4.69, 9.17) is 13.9 Å². The van der Waals surface area contributed by atoms with Gasteiger partial charge in [-0.1, -0.05) is 0 Å². The first-order valence-corrected chi connectivity index (χ1v) is 8.01. The fourth-order valence-corrected chi connectivity index (χ4v) is 2.99. The largest absolute Gasteiger partial charge is 0.497 e. The molecule has 5 nitrogen and oxygen atoms in total. The number of benzene rings is 2. The Labute approximate surface area is 145 Å². The van der Waals surface area contributed by atoms with Crippen molar-refractivity contribution in [3.8, 4) is 17.1 Å². The smallest absolute Gasteiger partial charge is 0.137 e. The molecule has 2 aromatic carbocycles. The van der Waals surface area contributed by atoms with E-state index in [-0.39, 0.29) is 0 Å². The molecule has 25 heavy (non-hydrogen) atoms. The second kappa shape index (κ2) is 6.18. The fraction of sp³-hybridized carbons (Fsp3) is 0.200. The molecule has 4 aromatic rings. The van der Waals surface area contributed by atoms with Crippen LogP contribution in [0.5, 0.6) is 5.75 Å². The van der Waals surface area contributed by atoms with Crippen LogP contribution in [0.1, 0.15) is 11.3 Å². The average Bonchev–Trinajstić information content (AvgIpc) is 3.03. The van der Waals surface area contributed by atoms with Crippen LogP contribution in [0.3, 0.4) is 0 Å². The summed E-state index contributed by atoms with van der Waals surface area (Å²) in [6.07, 6.45) is 1.75. The minimum atomic E-state index is 0.441. The predicted molar refractivity (Wildman–Crippen MR) is 96.7 cm³/mol. The molecule has 0 atom stereocenters. The van der Waals surface area contributed by atoms with Gasteiger partial charge in [0.05, 0.1) is 36.6 Å². The molecular weight excluding hydrogens is 316 g/mol. The maximum atomic E-state index is 6.05. The lowest BCUT2D eigenvalue weighted by Gasteiger charge is -2.06. The zero-order valence-corrected chi connectivity index (χ0v) is 14.4. The first kappa shape index (κ1) is 15.6. The van der Waals surface area contributed by atoms with Gasteiger partial charge in [-0.15, -0.1) is 0 Å². The van der Waals surface area contributed by atoms with E-state index in [0.717, 1.165) is 50.3 Å². The number of methoxy groups -OCH3 is 2. The van der Waals surface area contributed by atoms with Crippen molar-refractivity contribution < 1.29 is 13.9 Å². The van der Waals surface area contributed by atoms with E-state index >= 15 is 0 Å². The van der Waals surface area contributed by atoms with Crippen LogP contribution in [0.25, 0.3) is 33.3 Å². The van der Waals surface area contributed by atoms with Crippen molar-refractivity contribution in [2.24, 2.45) is 0 Å². The predicted octanol–water partition coefficient (Wildman–Crippen LogP) is 4.51. The highest BCUT2D eigenvalue weighted by atomic mass is 16.5. The van der Waals surface area contributed by atoms with E-state index in [9.17, 15) is 0 Å². The van der Waals surface area contributed by atoms with Crippen molar-refractivity contribution >= 4 is 22.0 Å². The highest BCUT2D eigenvalue weighted by Crippen LogP contribution is 2.34. The van der Waals surface area contributed by atoms with Gasteiger partial charge in [-0.2, -0.15) is 0 Å². The maximum Gasteiger partial charge on any atom is 0.137 e. The molecule has 2 aromatic heterocycles. The Morgan fingerprint density at radius 2 is 1.96 bits per heavy atom. The van der Waals surface area contributed by atoms with Crippen LogP contribution in [-0.4, -0.2) is 24.2 Å². The van der Waals surface area contributed by atoms with Gasteiger partial charge >= 0.3 is 0 Å². The van der Waals surface area contributed by atoms with E-state index in [2.05, 4.69) is 16.0 Å². The van der Waals surface area contributed by atoms with E-state index in [1.165, 1.54) is 0 Å². The Kier molecular flexibility index (Phi) is 3.86. The Hall–Kier alpha value is -2.92. The summed E-state index contributed by atoms with van der Waals surface area (Å²) in [7, 11) is 3.31. The molecule has 0 aliphatic rings. The van der Waals surface area contributed by atoms with Crippen molar-refractivity contribution in [1.82, 2.24) is 9.97 Å². The zero-order chi connectivity index (χ0) is 17.4. The van der Waals surface area contributed by atoms with Gasteiger partial charge in [0, 0.05) is 18.1 Å². The van der Waals surface area contributed by atoms with Gasteiger partial charge in [-0.05, 0) is 48.9 Å². The summed E-state index contributed by atoms with van der Waals surface area (Å²) < 4.78 is 16.5. The lowest BCUT2D eigenvalue weighted by Crippen LogP contribution is -1.96. The molecule has 126 valence electrons. The molecule has 4 rings (SSSR count). The van der Waals surface area contributed by atoms with Gasteiger partial charge < -0.3 is 13.9 Å². The van der Waals surface area contributed by atoms with Crippen LogP contribution >= 0.6 is 0 Å². The Morgan fingerprint density at radius 1 is 1.08 bits per heavy atom. The molecule has 0 aliphatic heterocycles. The number of fused-ring (bicyclic) bond motifs is 2. The van der Waals surface area contributed by atoms with Gasteiger partial charge in [-0.25, -0.2) is 4.98 Å². The van der Waals surface area contributed by atoms with Gasteiger partial charge in [0.2, 0.25) is 0 Å². The third-order valence-electron chi connectivity index (χ3n) is 4.12. The van der Waals surface area contributed by atoms with Crippen LogP contribution in [0, 0.1) is 6.92 Å². The first-order valence-electron chi connectivity index (χ1n) is 8.01. The van der Waals surface area contributed by atoms with Crippen molar-refractivity contribution in [3.63, 3.8) is 0 Å². The second-order valence-electron chi connectivity index (χ2n) is 5.99. The van der Waals surface area contributed by atoms with Gasteiger partial charge in [-0.3, -0.25) is 4.98 Å². The molecule has 0 bridgehead atoms. The SMILES string of the molecule is COCc1cnc2c(-c3cc4cc(OC)ccc4o3)cc(C)cc2n1. The average molecular weight is 334 g/mol. The maximum absolute atomic E-state index is 6.05. The number of aromatic nitrogens is 2. The summed E-state index contributed by atoms with van der Waals surface area (Å²) >= 11 is 0. The molecule has 0 fully saturated rings. The zero-order valence-electron chi connectivity index (χ0n) is 14.4. The molecule has 0 saturated carbocycles. The first-order chi connectivity index (χ1) is 12.2. The quantitative estimate of drug-likeness (QED) is 0.550. The van der Waals surface area contributed by atoms with Crippen molar-refractivity contribution in [2.75, 3.05) is 14.2 Å². The summed E-state index contributed by atoms with van der Waals surface area (Å²) in [5.41, 5.74) is 5.31. The number of nitrogens with zero attached hydrogens (tertiary/aromatic N) is 2. The van der Waals surface area contributed by atoms with E-state index in [1.807, 2.05) is 37.3 Å². The van der Waals surface area contributed by atoms with E-state index in [0.29, 0.717) is 6.61 Å². The minimum absolute atomic E-state index is 0.441. The van der Waals surface area contributed by atoms with Crippen LogP contribution in [0.2, 0.25) is 0 Å². The number of aryl methyl sites for hydroxylation is 1. The van der Waals surface area contributed by atoms with Gasteiger partial charge in [0.1, 0.15) is 17.1 Å². The highest BCUT2D eigenvalue weighted by Gasteiger charge is 2.13. The lowest BCUT2D eigenvalue weighted by molar-refractivity contribution is 0.181. The van der Waals surface area contributed by atoms with Crippen LogP contribution < -0.4 is 4.74 Å². The normalized spacial score (nSPS) is 11.3. The van der Waals surface area contributed by atoms with E-state index in [1.54, 1.807) is 20.4 Å². The molecule has 0 radical (unpaired) electrons. The second-order valence-corrected chi connectivity index (χ2v) is 5.99. The van der Waals surface area contributed by atoms with Crippen molar-refractivity contribution in [1.29, 1.82) is 0 Å². The van der Waals surface area contributed by atoms with Crippen LogP contribution in [0.4, 0.5) is 0 Å². The standard InChI is InChI=1S/C20H18N2O3/c1-12-6-16(20-17(7-12)22-14(10-21-20)11-23-2)19-9-13-8-15(24-3)4-5-18(13)25-19/h4-10H,11H2,1-3H3. The van der Waals surface area contributed by atoms with Crippen molar-refractivity contribution in [2.45, 2.75) is 13.5 Å². The Balaban J connectivity index is 1.90. The molecule has 5 heteroatoms. The molecule has 0 saturated heterocycles. The summed E-state index contributed by atoms with van der Waals surface area (Å²) in [6, 6.07) is 11.9. The molecule has 0 aliphatic carbocycles. The topological polar surface area (TPSA) is 57.4 Å². The molecule has 0 unspecified atom stereocenters. The number of furan rings is 1. The van der Waals surface area contributed by atoms with Crippen molar-refractivity contribution in [3.05, 3.63) is 53.9 Å². The van der Waals surface area contributed by atoms with E-state index < -0.39 is 0 Å². The monoisotopic (exact) mass is 334 g/mol. The summed E-state index contributed by atoms with van der Waals surface area (Å²) in [5, 5.41) is 0.993. The van der Waals surface area contributed by atoms with Crippen LogP contribution in [-0.2, 0) is 11.3 Å². The number of ether oxygens (including phenoxy) is 2. The molecule has 0 amide bonds. The third kappa shape index (κ3) is 2.83. The fourth-order valence-electron chi connectivity index (χ4n) is 2.99. The third-order valence-corrected chi connectivity index (χ3v) is 4.12. The summed E-state index contributed by atoms with van der Waals surface area (Å²) in [5.74, 6) is 1.57. The molecule has 0 spiro atoms. The van der Waals surface area contributed by atoms with Gasteiger partial charge in [0.15, 0.2) is 0 Å². The van der Waals surface area contributed by atoms with Gasteiger partial charge in [0.25, 0.3) is 0 Å². The number of rotatable bonds is 4. The summed E-state index contributed by atoms with van der Waals surface area (Å²) in [4.78, 5) is 9.24. The Bertz CT molecular complexity index is 1070. The summed E-state index contributed by atoms with van der Waals surface area (Å²) in [6.45, 7) is 2.48. The number of hydrogen-bond acceptors (Lipinski definition) is 5. The minimum Gasteiger partial charge on any atom is -0.497 e. The number of hydrogen-bond donors (Lipinski definition) is 0. The molecule has 0 N–H and O–H groups in total. The molecular formula is C20H18N2O3. The highest BCUT2D eigenvalue weighted by molar-refractivity contribution is 5.94. The van der Waals surface area contributed by atoms with Crippen LogP contribution in [0.15, 0.2) is 47.0 Å².